The van der Waals surface area contributed by atoms with E-state index in [0.29, 0.717) is 27.2 Å². The van der Waals surface area contributed by atoms with Gasteiger partial charge in [-0.25, -0.2) is 9.78 Å². The summed E-state index contributed by atoms with van der Waals surface area (Å²) in [5.74, 6) is 0.321. The highest BCUT2D eigenvalue weighted by Gasteiger charge is 2.21. The number of rotatable bonds is 5. The Hall–Kier alpha value is -3.83. The Morgan fingerprint density at radius 2 is 2.00 bits per heavy atom. The van der Waals surface area contributed by atoms with E-state index >= 15 is 0 Å². The molecule has 2 aliphatic rings. The average molecular weight is 508 g/mol. The van der Waals surface area contributed by atoms with Crippen LogP contribution in [0.1, 0.15) is 18.5 Å². The van der Waals surface area contributed by atoms with Crippen LogP contribution in [0.3, 0.4) is 0 Å². The van der Waals surface area contributed by atoms with Gasteiger partial charge in [0.2, 0.25) is 5.88 Å². The van der Waals surface area contributed by atoms with E-state index in [0.717, 1.165) is 50.4 Å². The highest BCUT2D eigenvalue weighted by Crippen LogP contribution is 2.30. The zero-order valence-electron chi connectivity index (χ0n) is 19.7. The maximum Gasteiger partial charge on any atom is 0.326 e. The first-order valence-corrected chi connectivity index (χ1v) is 12.3. The van der Waals surface area contributed by atoms with E-state index in [1.807, 2.05) is 18.2 Å². The SMILES string of the molecule is CN1CCN(c2ccc(Nc3cc(=NC4CC4)n4nc/c(=C/c5[nH]c(=O)[nH]c5O)c4n3)c(Cl)c2)CC1. The molecular weight excluding hydrogens is 482 g/mol. The number of aromatic hydroxyl groups is 1. The number of hydrogen-bond donors (Lipinski definition) is 4. The lowest BCUT2D eigenvalue weighted by molar-refractivity contribution is 0.313. The molecule has 2 fully saturated rings. The van der Waals surface area contributed by atoms with Crippen LogP contribution in [-0.4, -0.2) is 73.8 Å². The molecule has 1 saturated carbocycles. The molecule has 0 spiro atoms. The summed E-state index contributed by atoms with van der Waals surface area (Å²) in [7, 11) is 2.13. The lowest BCUT2D eigenvalue weighted by Crippen LogP contribution is -2.44. The van der Waals surface area contributed by atoms with Gasteiger partial charge in [-0.3, -0.25) is 9.98 Å². The van der Waals surface area contributed by atoms with Crippen LogP contribution >= 0.6 is 11.6 Å². The molecule has 1 saturated heterocycles. The quantitative estimate of drug-likeness (QED) is 0.319. The Labute approximate surface area is 210 Å². The molecule has 4 aromatic rings. The Morgan fingerprint density at radius 1 is 1.19 bits per heavy atom. The van der Waals surface area contributed by atoms with Gasteiger partial charge < -0.3 is 25.2 Å². The lowest BCUT2D eigenvalue weighted by Gasteiger charge is -2.34. The van der Waals surface area contributed by atoms with E-state index in [9.17, 15) is 9.90 Å². The molecule has 0 atom stereocenters. The summed E-state index contributed by atoms with van der Waals surface area (Å²) in [5.41, 5.74) is 2.79. The molecule has 1 aliphatic carbocycles. The van der Waals surface area contributed by atoms with E-state index < -0.39 is 5.69 Å². The van der Waals surface area contributed by atoms with Gasteiger partial charge >= 0.3 is 5.69 Å². The summed E-state index contributed by atoms with van der Waals surface area (Å²) in [6.07, 6.45) is 5.33. The fourth-order valence-electron chi connectivity index (χ4n) is 4.26. The van der Waals surface area contributed by atoms with Gasteiger partial charge in [0.15, 0.2) is 11.1 Å². The van der Waals surface area contributed by atoms with Crippen molar-refractivity contribution in [1.82, 2.24) is 29.5 Å². The fourth-order valence-corrected chi connectivity index (χ4v) is 4.49. The average Bonchev–Trinajstić information content (AvgIpc) is 3.49. The normalized spacial score (nSPS) is 17.9. The van der Waals surface area contributed by atoms with Gasteiger partial charge in [-0.1, -0.05) is 11.6 Å². The molecule has 1 aromatic carbocycles. The Bertz CT molecular complexity index is 1610. The van der Waals surface area contributed by atoms with Crippen LogP contribution in [0.5, 0.6) is 5.88 Å². The number of nitrogens with one attached hydrogen (secondary N) is 3. The van der Waals surface area contributed by atoms with Crippen molar-refractivity contribution in [2.24, 2.45) is 4.99 Å². The third-order valence-corrected chi connectivity index (χ3v) is 6.77. The van der Waals surface area contributed by atoms with Crippen LogP contribution < -0.4 is 26.6 Å². The predicted octanol–water partition coefficient (Wildman–Crippen LogP) is 1.21. The predicted molar refractivity (Wildman–Crippen MR) is 138 cm³/mol. The van der Waals surface area contributed by atoms with Crippen molar-refractivity contribution in [3.63, 3.8) is 0 Å². The molecule has 1 aliphatic heterocycles. The topological polar surface area (TPSA) is 130 Å². The number of aromatic nitrogens is 5. The number of fused-ring (bicyclic) bond motifs is 1. The second kappa shape index (κ2) is 8.99. The van der Waals surface area contributed by atoms with Crippen molar-refractivity contribution in [2.75, 3.05) is 43.4 Å². The molecule has 0 radical (unpaired) electrons. The van der Waals surface area contributed by atoms with Crippen molar-refractivity contribution in [3.05, 3.63) is 62.4 Å². The van der Waals surface area contributed by atoms with E-state index in [1.165, 1.54) is 0 Å². The van der Waals surface area contributed by atoms with E-state index in [2.05, 4.69) is 43.3 Å². The minimum Gasteiger partial charge on any atom is -0.493 e. The zero-order valence-corrected chi connectivity index (χ0v) is 20.5. The molecule has 0 bridgehead atoms. The molecule has 0 amide bonds. The second-order valence-corrected chi connectivity index (χ2v) is 9.67. The molecule has 12 heteroatoms. The summed E-state index contributed by atoms with van der Waals surface area (Å²) in [6.45, 7) is 3.97. The maximum atomic E-state index is 11.5. The third kappa shape index (κ3) is 4.54. The Kier molecular flexibility index (Phi) is 5.65. The monoisotopic (exact) mass is 507 g/mol. The first kappa shape index (κ1) is 22.6. The van der Waals surface area contributed by atoms with Crippen molar-refractivity contribution in [2.45, 2.75) is 18.9 Å². The molecule has 6 rings (SSSR count). The minimum absolute atomic E-state index is 0.247. The van der Waals surface area contributed by atoms with Gasteiger partial charge in [0.25, 0.3) is 0 Å². The number of likely N-dealkylation sites (N-methyl/N-ethyl adjacent to an activating group) is 1. The van der Waals surface area contributed by atoms with Crippen LogP contribution in [0.15, 0.2) is 40.2 Å². The number of benzene rings is 1. The Morgan fingerprint density at radius 3 is 2.69 bits per heavy atom. The number of imidazole rings is 1. The van der Waals surface area contributed by atoms with Gasteiger partial charge in [0.05, 0.1) is 22.9 Å². The van der Waals surface area contributed by atoms with Gasteiger partial charge in [-0.2, -0.15) is 9.61 Å². The van der Waals surface area contributed by atoms with Gasteiger partial charge in [-0.15, -0.1) is 0 Å². The molecular formula is C24H26ClN9O2. The number of halogens is 1. The largest absolute Gasteiger partial charge is 0.493 e. The molecule has 11 nitrogen and oxygen atoms in total. The van der Waals surface area contributed by atoms with Crippen molar-refractivity contribution < 1.29 is 5.11 Å². The molecule has 0 unspecified atom stereocenters. The number of piperazine rings is 1. The van der Waals surface area contributed by atoms with Crippen LogP contribution in [-0.2, 0) is 0 Å². The van der Waals surface area contributed by atoms with Crippen LogP contribution in [0.2, 0.25) is 5.02 Å². The van der Waals surface area contributed by atoms with E-state index in [-0.39, 0.29) is 17.6 Å². The van der Waals surface area contributed by atoms with Gasteiger partial charge in [0, 0.05) is 43.2 Å². The minimum atomic E-state index is -0.496. The lowest BCUT2D eigenvalue weighted by atomic mass is 10.2. The smallest absolute Gasteiger partial charge is 0.326 e. The van der Waals surface area contributed by atoms with Crippen LogP contribution in [0.4, 0.5) is 17.2 Å². The van der Waals surface area contributed by atoms with Crippen molar-refractivity contribution in [3.8, 4) is 5.88 Å². The number of aromatic amines is 2. The van der Waals surface area contributed by atoms with E-state index in [1.54, 1.807) is 16.8 Å². The summed E-state index contributed by atoms with van der Waals surface area (Å²) in [4.78, 5) is 30.6. The third-order valence-electron chi connectivity index (χ3n) is 6.46. The second-order valence-electron chi connectivity index (χ2n) is 9.26. The van der Waals surface area contributed by atoms with Crippen LogP contribution in [0.25, 0.3) is 11.7 Å². The van der Waals surface area contributed by atoms with Crippen LogP contribution in [0, 0.1) is 0 Å². The van der Waals surface area contributed by atoms with E-state index in [4.69, 9.17) is 21.6 Å². The maximum absolute atomic E-state index is 11.5. The molecule has 4 N–H and O–H groups in total. The molecule has 3 aromatic heterocycles. The summed E-state index contributed by atoms with van der Waals surface area (Å²) in [6, 6.07) is 8.13. The number of hydrogen-bond acceptors (Lipinski definition) is 8. The zero-order chi connectivity index (χ0) is 24.8. The standard InChI is InChI=1S/C24H26ClN9O2/c1-32-6-8-33(9-7-32)16-4-5-18(17(25)11-16)28-20-12-21(27-15-2-3-15)34-22(30-20)14(13-26-34)10-19-23(35)31-24(36)29-19/h4-5,10-13,15,28,35H,2-3,6-9H2,1H3,(H2,29,31,36)/b14-10-,27-21?. The first-order valence-electron chi connectivity index (χ1n) is 11.9. The molecule has 36 heavy (non-hydrogen) atoms. The Balaban J connectivity index is 1.37. The number of H-pyrrole nitrogens is 2. The summed E-state index contributed by atoms with van der Waals surface area (Å²) >= 11 is 6.68. The highest BCUT2D eigenvalue weighted by molar-refractivity contribution is 6.33. The number of nitrogens with zero attached hydrogens (tertiary/aromatic N) is 6. The van der Waals surface area contributed by atoms with Crippen molar-refractivity contribution in [1.29, 1.82) is 0 Å². The first-order chi connectivity index (χ1) is 17.4. The van der Waals surface area contributed by atoms with Gasteiger partial charge in [0.1, 0.15) is 11.5 Å². The fraction of sp³-hybridized carbons (Fsp3) is 0.333. The molecule has 186 valence electrons. The van der Waals surface area contributed by atoms with Crippen molar-refractivity contribution >= 4 is 40.5 Å². The summed E-state index contributed by atoms with van der Waals surface area (Å²) in [5, 5.41) is 19.0. The number of anilines is 3. The van der Waals surface area contributed by atoms with Gasteiger partial charge in [-0.05, 0) is 44.2 Å². The highest BCUT2D eigenvalue weighted by atomic mass is 35.5. The molecule has 4 heterocycles. The summed E-state index contributed by atoms with van der Waals surface area (Å²) < 4.78 is 1.66.